The Bertz CT molecular complexity index is 774. The highest BCUT2D eigenvalue weighted by atomic mass is 16.5. The summed E-state index contributed by atoms with van der Waals surface area (Å²) in [4.78, 5) is 26.2. The van der Waals surface area contributed by atoms with E-state index in [1.165, 1.54) is 0 Å². The molecule has 26 heavy (non-hydrogen) atoms. The monoisotopic (exact) mass is 357 g/mol. The smallest absolute Gasteiger partial charge is 0.247 e. The fraction of sp³-hybridized carbons (Fsp3) is 0.444. The number of benzene rings is 1. The van der Waals surface area contributed by atoms with Crippen LogP contribution in [0.25, 0.3) is 0 Å². The summed E-state index contributed by atoms with van der Waals surface area (Å²) < 4.78 is 6.73. The van der Waals surface area contributed by atoms with E-state index < -0.39 is 6.04 Å². The maximum atomic E-state index is 12.6. The molecule has 8 heteroatoms. The van der Waals surface area contributed by atoms with Gasteiger partial charge in [-0.05, 0) is 19.4 Å². The molecular formula is C18H23N5O3. The van der Waals surface area contributed by atoms with Gasteiger partial charge in [0.05, 0.1) is 18.8 Å². The number of amides is 2. The third-order valence-corrected chi connectivity index (χ3v) is 4.35. The normalized spacial score (nSPS) is 16.5. The molecule has 1 aliphatic rings. The van der Waals surface area contributed by atoms with Gasteiger partial charge in [-0.15, -0.1) is 5.10 Å². The Morgan fingerprint density at radius 3 is 2.85 bits per heavy atom. The van der Waals surface area contributed by atoms with Crippen molar-refractivity contribution in [2.24, 2.45) is 0 Å². The minimum absolute atomic E-state index is 0.0122. The number of rotatable bonds is 7. The van der Waals surface area contributed by atoms with Crippen molar-refractivity contribution in [3.05, 3.63) is 47.3 Å². The first-order valence-corrected chi connectivity index (χ1v) is 8.70. The standard InChI is InChI=1S/C18H23N5O3/c1-3-26-12-17(24)19-9-15-16-11-22(10-14-7-5-4-6-8-14)18(25)13(2)23(16)21-20-15/h4-8,13H,3,9-12H2,1-2H3,(H,19,24). The molecule has 0 spiro atoms. The van der Waals surface area contributed by atoms with Crippen LogP contribution in [-0.4, -0.2) is 44.9 Å². The van der Waals surface area contributed by atoms with Crippen molar-refractivity contribution in [1.29, 1.82) is 0 Å². The summed E-state index contributed by atoms with van der Waals surface area (Å²) >= 11 is 0. The van der Waals surface area contributed by atoms with Gasteiger partial charge in [-0.25, -0.2) is 4.68 Å². The molecule has 2 aromatic rings. The summed E-state index contributed by atoms with van der Waals surface area (Å²) in [5.74, 6) is -0.187. The molecule has 0 bridgehead atoms. The van der Waals surface area contributed by atoms with Crippen LogP contribution in [0.15, 0.2) is 30.3 Å². The molecule has 1 N–H and O–H groups in total. The first-order valence-electron chi connectivity index (χ1n) is 8.70. The fourth-order valence-electron chi connectivity index (χ4n) is 2.95. The summed E-state index contributed by atoms with van der Waals surface area (Å²) in [5.41, 5.74) is 2.59. The first-order chi connectivity index (χ1) is 12.6. The predicted octanol–water partition coefficient (Wildman–Crippen LogP) is 1.03. The lowest BCUT2D eigenvalue weighted by Gasteiger charge is -2.31. The Morgan fingerprint density at radius 2 is 2.12 bits per heavy atom. The second kappa shape index (κ2) is 8.09. The van der Waals surface area contributed by atoms with Gasteiger partial charge in [-0.3, -0.25) is 9.59 Å². The zero-order chi connectivity index (χ0) is 18.5. The Balaban J connectivity index is 1.71. The van der Waals surface area contributed by atoms with Gasteiger partial charge >= 0.3 is 0 Å². The van der Waals surface area contributed by atoms with Gasteiger partial charge in [0.2, 0.25) is 11.8 Å². The topological polar surface area (TPSA) is 89.3 Å². The molecular weight excluding hydrogens is 334 g/mol. The molecule has 138 valence electrons. The van der Waals surface area contributed by atoms with Crippen LogP contribution in [0, 0.1) is 0 Å². The van der Waals surface area contributed by atoms with Crippen LogP contribution in [0.1, 0.15) is 36.8 Å². The zero-order valence-electron chi connectivity index (χ0n) is 15.0. The lowest BCUT2D eigenvalue weighted by molar-refractivity contribution is -0.138. The molecule has 1 aromatic heterocycles. The maximum absolute atomic E-state index is 12.6. The number of carbonyl (C=O) groups is 2. The van der Waals surface area contributed by atoms with Gasteiger partial charge in [-0.2, -0.15) is 0 Å². The van der Waals surface area contributed by atoms with Crippen molar-refractivity contribution in [1.82, 2.24) is 25.2 Å². The molecule has 0 saturated carbocycles. The van der Waals surface area contributed by atoms with Crippen LogP contribution < -0.4 is 5.32 Å². The number of nitrogens with zero attached hydrogens (tertiary/aromatic N) is 4. The Morgan fingerprint density at radius 1 is 1.35 bits per heavy atom. The number of aromatic nitrogens is 3. The van der Waals surface area contributed by atoms with Gasteiger partial charge in [0.25, 0.3) is 0 Å². The second-order valence-electron chi connectivity index (χ2n) is 6.20. The second-order valence-corrected chi connectivity index (χ2v) is 6.20. The summed E-state index contributed by atoms with van der Waals surface area (Å²) in [6.07, 6.45) is 0. The third-order valence-electron chi connectivity index (χ3n) is 4.35. The molecule has 0 aliphatic carbocycles. The van der Waals surface area contributed by atoms with Crippen LogP contribution in [-0.2, 0) is 34.0 Å². The minimum Gasteiger partial charge on any atom is -0.372 e. The quantitative estimate of drug-likeness (QED) is 0.800. The number of fused-ring (bicyclic) bond motifs is 1. The van der Waals surface area contributed by atoms with E-state index in [0.717, 1.165) is 11.3 Å². The molecule has 1 unspecified atom stereocenters. The van der Waals surface area contributed by atoms with Crippen LogP contribution in [0.3, 0.4) is 0 Å². The SMILES string of the molecule is CCOCC(=O)NCc1nnn2c1CN(Cc1ccccc1)C(=O)C2C. The lowest BCUT2D eigenvalue weighted by atomic mass is 10.1. The predicted molar refractivity (Wildman–Crippen MR) is 93.8 cm³/mol. The average Bonchev–Trinajstić information content (AvgIpc) is 3.06. The number of hydrogen-bond donors (Lipinski definition) is 1. The van der Waals surface area contributed by atoms with E-state index in [2.05, 4.69) is 15.6 Å². The maximum Gasteiger partial charge on any atom is 0.247 e. The molecule has 0 saturated heterocycles. The summed E-state index contributed by atoms with van der Waals surface area (Å²) in [6.45, 7) is 5.38. The van der Waals surface area contributed by atoms with E-state index in [1.54, 1.807) is 9.58 Å². The van der Waals surface area contributed by atoms with Gasteiger partial charge in [0.1, 0.15) is 18.3 Å². The highest BCUT2D eigenvalue weighted by Gasteiger charge is 2.33. The first kappa shape index (κ1) is 18.1. The Kier molecular flexibility index (Phi) is 5.62. The van der Waals surface area contributed by atoms with Crippen molar-refractivity contribution in [3.63, 3.8) is 0 Å². The average molecular weight is 357 g/mol. The highest BCUT2D eigenvalue weighted by molar-refractivity contribution is 5.81. The number of nitrogens with one attached hydrogen (secondary N) is 1. The molecule has 3 rings (SSSR count). The van der Waals surface area contributed by atoms with Crippen LogP contribution in [0.2, 0.25) is 0 Å². The largest absolute Gasteiger partial charge is 0.372 e. The lowest BCUT2D eigenvalue weighted by Crippen LogP contribution is -2.41. The molecule has 8 nitrogen and oxygen atoms in total. The molecule has 1 atom stereocenters. The molecule has 2 heterocycles. The van der Waals surface area contributed by atoms with Gasteiger partial charge in [0.15, 0.2) is 0 Å². The highest BCUT2D eigenvalue weighted by Crippen LogP contribution is 2.24. The molecule has 1 aliphatic heterocycles. The van der Waals surface area contributed by atoms with Crippen molar-refractivity contribution in [2.75, 3.05) is 13.2 Å². The van der Waals surface area contributed by atoms with E-state index in [9.17, 15) is 9.59 Å². The van der Waals surface area contributed by atoms with Crippen molar-refractivity contribution in [3.8, 4) is 0 Å². The Hall–Kier alpha value is -2.74. The Labute approximate surface area is 152 Å². The van der Waals surface area contributed by atoms with Crippen LogP contribution in [0.4, 0.5) is 0 Å². The van der Waals surface area contributed by atoms with Gasteiger partial charge in [-0.1, -0.05) is 35.5 Å². The van der Waals surface area contributed by atoms with E-state index in [1.807, 2.05) is 44.2 Å². The van der Waals surface area contributed by atoms with E-state index in [4.69, 9.17) is 4.74 Å². The number of ether oxygens (including phenoxy) is 1. The van der Waals surface area contributed by atoms with Crippen molar-refractivity contribution in [2.45, 2.75) is 39.5 Å². The van der Waals surface area contributed by atoms with Gasteiger partial charge in [0, 0.05) is 13.2 Å². The van der Waals surface area contributed by atoms with Crippen LogP contribution in [0.5, 0.6) is 0 Å². The fourth-order valence-corrected chi connectivity index (χ4v) is 2.95. The minimum atomic E-state index is -0.414. The third kappa shape index (κ3) is 3.91. The summed E-state index contributed by atoms with van der Waals surface area (Å²) in [5, 5.41) is 11.0. The van der Waals surface area contributed by atoms with Crippen LogP contribution >= 0.6 is 0 Å². The zero-order valence-corrected chi connectivity index (χ0v) is 15.0. The van der Waals surface area contributed by atoms with E-state index >= 15 is 0 Å². The molecule has 0 radical (unpaired) electrons. The van der Waals surface area contributed by atoms with E-state index in [-0.39, 0.29) is 25.0 Å². The molecule has 1 aromatic carbocycles. The summed E-state index contributed by atoms with van der Waals surface area (Å²) in [6, 6.07) is 9.44. The summed E-state index contributed by atoms with van der Waals surface area (Å²) in [7, 11) is 0. The number of carbonyl (C=O) groups excluding carboxylic acids is 2. The molecule has 0 fully saturated rings. The van der Waals surface area contributed by atoms with Crippen molar-refractivity contribution < 1.29 is 14.3 Å². The van der Waals surface area contributed by atoms with Gasteiger partial charge < -0.3 is 15.0 Å². The van der Waals surface area contributed by atoms with E-state index in [0.29, 0.717) is 25.4 Å². The molecule has 2 amide bonds. The van der Waals surface area contributed by atoms with Crippen molar-refractivity contribution >= 4 is 11.8 Å². The number of hydrogen-bond acceptors (Lipinski definition) is 5.